The number of methoxy groups -OCH3 is 1. The van der Waals surface area contributed by atoms with Gasteiger partial charge in [-0.1, -0.05) is 11.6 Å². The highest BCUT2D eigenvalue weighted by atomic mass is 35.5. The first-order valence-electron chi connectivity index (χ1n) is 5.20. The van der Waals surface area contributed by atoms with Crippen molar-refractivity contribution in [3.63, 3.8) is 0 Å². The van der Waals surface area contributed by atoms with Gasteiger partial charge in [0.15, 0.2) is 0 Å². The van der Waals surface area contributed by atoms with Crippen LogP contribution >= 0.6 is 11.6 Å². The third-order valence-corrected chi connectivity index (χ3v) is 2.91. The standard InChI is InChI=1S/C12H13ClN2O2/c1-17-12(16)10(14)4-7-6-15-11-3-2-8(13)5-9(7)11/h2-3,5-6,10,15H,4,14H2,1H3/t10-/m0/s1. The smallest absolute Gasteiger partial charge is 0.322 e. The Hall–Kier alpha value is -1.52. The van der Waals surface area contributed by atoms with Crippen molar-refractivity contribution in [2.45, 2.75) is 12.5 Å². The average Bonchev–Trinajstić information content (AvgIpc) is 2.71. The van der Waals surface area contributed by atoms with Crippen LogP contribution < -0.4 is 5.73 Å². The summed E-state index contributed by atoms with van der Waals surface area (Å²) in [5.41, 5.74) is 7.66. The number of benzene rings is 1. The van der Waals surface area contributed by atoms with Crippen molar-refractivity contribution in [1.29, 1.82) is 0 Å². The Labute approximate surface area is 104 Å². The number of carbonyl (C=O) groups is 1. The van der Waals surface area contributed by atoms with E-state index in [4.69, 9.17) is 17.3 Å². The van der Waals surface area contributed by atoms with Gasteiger partial charge in [-0.3, -0.25) is 4.79 Å². The van der Waals surface area contributed by atoms with Gasteiger partial charge in [-0.2, -0.15) is 0 Å². The van der Waals surface area contributed by atoms with Crippen LogP contribution in [0.15, 0.2) is 24.4 Å². The predicted octanol–water partition coefficient (Wildman–Crippen LogP) is 1.86. The molecule has 0 amide bonds. The van der Waals surface area contributed by atoms with Crippen LogP contribution in [0.5, 0.6) is 0 Å². The maximum atomic E-state index is 11.3. The lowest BCUT2D eigenvalue weighted by molar-refractivity contribution is -0.142. The van der Waals surface area contributed by atoms with Gasteiger partial charge >= 0.3 is 5.97 Å². The molecule has 0 radical (unpaired) electrons. The lowest BCUT2D eigenvalue weighted by Crippen LogP contribution is -2.33. The molecule has 4 nitrogen and oxygen atoms in total. The molecule has 1 aromatic heterocycles. The molecule has 0 bridgehead atoms. The monoisotopic (exact) mass is 252 g/mol. The number of carbonyl (C=O) groups excluding carboxylic acids is 1. The van der Waals surface area contributed by atoms with Gasteiger partial charge in [0.1, 0.15) is 6.04 Å². The molecule has 0 aliphatic carbocycles. The second kappa shape index (κ2) is 4.77. The Morgan fingerprint density at radius 3 is 3.06 bits per heavy atom. The quantitative estimate of drug-likeness (QED) is 0.820. The van der Waals surface area contributed by atoms with E-state index in [0.717, 1.165) is 16.5 Å². The van der Waals surface area contributed by atoms with Gasteiger partial charge in [0, 0.05) is 28.5 Å². The first-order chi connectivity index (χ1) is 8.11. The summed E-state index contributed by atoms with van der Waals surface area (Å²) in [6, 6.07) is 4.90. The van der Waals surface area contributed by atoms with Crippen molar-refractivity contribution in [1.82, 2.24) is 4.98 Å². The van der Waals surface area contributed by atoms with Crippen LogP contribution in [0.2, 0.25) is 5.02 Å². The number of aromatic nitrogens is 1. The SMILES string of the molecule is COC(=O)[C@@H](N)Cc1c[nH]c2ccc(Cl)cc12. The number of ether oxygens (including phenoxy) is 1. The molecule has 1 atom stereocenters. The zero-order valence-electron chi connectivity index (χ0n) is 9.37. The molecule has 0 saturated carbocycles. The van der Waals surface area contributed by atoms with Crippen molar-refractivity contribution in [3.05, 3.63) is 35.0 Å². The van der Waals surface area contributed by atoms with Crippen molar-refractivity contribution < 1.29 is 9.53 Å². The van der Waals surface area contributed by atoms with Crippen LogP contribution in [-0.2, 0) is 16.0 Å². The molecule has 2 aromatic rings. The molecule has 0 aliphatic heterocycles. The minimum Gasteiger partial charge on any atom is -0.468 e. The number of fused-ring (bicyclic) bond motifs is 1. The molecule has 3 N–H and O–H groups in total. The normalized spacial score (nSPS) is 12.6. The fourth-order valence-corrected chi connectivity index (χ4v) is 1.96. The summed E-state index contributed by atoms with van der Waals surface area (Å²) in [6.45, 7) is 0. The highest BCUT2D eigenvalue weighted by Gasteiger charge is 2.16. The molecule has 1 aromatic carbocycles. The van der Waals surface area contributed by atoms with Crippen molar-refractivity contribution >= 4 is 28.5 Å². The Kier molecular flexibility index (Phi) is 3.36. The van der Waals surface area contributed by atoms with Gasteiger partial charge in [0.05, 0.1) is 7.11 Å². The molecule has 0 spiro atoms. The van der Waals surface area contributed by atoms with Crippen LogP contribution in [0.25, 0.3) is 10.9 Å². The maximum Gasteiger partial charge on any atom is 0.322 e. The summed E-state index contributed by atoms with van der Waals surface area (Å²) in [5.74, 6) is -0.415. The lowest BCUT2D eigenvalue weighted by atomic mass is 10.1. The predicted molar refractivity (Wildman–Crippen MR) is 67.0 cm³/mol. The van der Waals surface area contributed by atoms with Crippen LogP contribution in [0.1, 0.15) is 5.56 Å². The van der Waals surface area contributed by atoms with E-state index in [1.54, 1.807) is 0 Å². The van der Waals surface area contributed by atoms with Gasteiger partial charge in [-0.05, 0) is 23.8 Å². The minimum atomic E-state index is -0.655. The summed E-state index contributed by atoms with van der Waals surface area (Å²) >= 11 is 5.94. The highest BCUT2D eigenvalue weighted by Crippen LogP contribution is 2.23. The summed E-state index contributed by atoms with van der Waals surface area (Å²) in [6.07, 6.45) is 2.26. The molecule has 0 aliphatic rings. The van der Waals surface area contributed by atoms with E-state index in [1.807, 2.05) is 24.4 Å². The van der Waals surface area contributed by atoms with E-state index in [-0.39, 0.29) is 0 Å². The van der Waals surface area contributed by atoms with Crippen LogP contribution in [0.4, 0.5) is 0 Å². The number of aromatic amines is 1. The van der Waals surface area contributed by atoms with E-state index in [0.29, 0.717) is 11.4 Å². The number of esters is 1. The van der Waals surface area contributed by atoms with E-state index < -0.39 is 12.0 Å². The maximum absolute atomic E-state index is 11.3. The zero-order chi connectivity index (χ0) is 12.4. The number of H-pyrrole nitrogens is 1. The Morgan fingerprint density at radius 1 is 1.59 bits per heavy atom. The number of nitrogens with two attached hydrogens (primary N) is 1. The van der Waals surface area contributed by atoms with Crippen molar-refractivity contribution in [3.8, 4) is 0 Å². The van der Waals surface area contributed by atoms with Gasteiger partial charge in [-0.15, -0.1) is 0 Å². The van der Waals surface area contributed by atoms with Gasteiger partial charge in [0.25, 0.3) is 0 Å². The average molecular weight is 253 g/mol. The van der Waals surface area contributed by atoms with Crippen LogP contribution in [-0.4, -0.2) is 24.1 Å². The van der Waals surface area contributed by atoms with E-state index in [1.165, 1.54) is 7.11 Å². The molecule has 17 heavy (non-hydrogen) atoms. The highest BCUT2D eigenvalue weighted by molar-refractivity contribution is 6.31. The molecule has 0 fully saturated rings. The van der Waals surface area contributed by atoms with E-state index in [9.17, 15) is 4.79 Å². The summed E-state index contributed by atoms with van der Waals surface area (Å²) in [5, 5.41) is 1.64. The number of hydrogen-bond donors (Lipinski definition) is 2. The van der Waals surface area contributed by atoms with Gasteiger partial charge < -0.3 is 15.5 Å². The molecule has 0 saturated heterocycles. The lowest BCUT2D eigenvalue weighted by Gasteiger charge is -2.08. The second-order valence-corrected chi connectivity index (χ2v) is 4.27. The molecule has 2 rings (SSSR count). The third-order valence-electron chi connectivity index (χ3n) is 2.67. The second-order valence-electron chi connectivity index (χ2n) is 3.84. The molecule has 0 unspecified atom stereocenters. The summed E-state index contributed by atoms with van der Waals surface area (Å²) in [7, 11) is 1.33. The largest absolute Gasteiger partial charge is 0.468 e. The first-order valence-corrected chi connectivity index (χ1v) is 5.58. The van der Waals surface area contributed by atoms with Crippen LogP contribution in [0.3, 0.4) is 0 Å². The summed E-state index contributed by atoms with van der Waals surface area (Å²) < 4.78 is 4.60. The zero-order valence-corrected chi connectivity index (χ0v) is 10.1. The number of rotatable bonds is 3. The van der Waals surface area contributed by atoms with Crippen molar-refractivity contribution in [2.24, 2.45) is 5.73 Å². The van der Waals surface area contributed by atoms with Crippen LogP contribution in [0, 0.1) is 0 Å². The Balaban J connectivity index is 2.30. The molecule has 90 valence electrons. The third kappa shape index (κ3) is 2.43. The van der Waals surface area contributed by atoms with E-state index >= 15 is 0 Å². The number of halogens is 1. The number of nitrogens with one attached hydrogen (secondary N) is 1. The number of hydrogen-bond acceptors (Lipinski definition) is 3. The molecular weight excluding hydrogens is 240 g/mol. The van der Waals surface area contributed by atoms with Gasteiger partial charge in [0.2, 0.25) is 0 Å². The topological polar surface area (TPSA) is 68.1 Å². The molecule has 1 heterocycles. The minimum absolute atomic E-state index is 0.415. The Morgan fingerprint density at radius 2 is 2.35 bits per heavy atom. The Bertz CT molecular complexity index is 550. The summed E-state index contributed by atoms with van der Waals surface area (Å²) in [4.78, 5) is 14.4. The molecular formula is C12H13ClN2O2. The van der Waals surface area contributed by atoms with Crippen molar-refractivity contribution in [2.75, 3.05) is 7.11 Å². The van der Waals surface area contributed by atoms with Gasteiger partial charge in [-0.25, -0.2) is 0 Å². The van der Waals surface area contributed by atoms with E-state index in [2.05, 4.69) is 9.72 Å². The fraction of sp³-hybridized carbons (Fsp3) is 0.250. The molecule has 5 heteroatoms. The fourth-order valence-electron chi connectivity index (χ4n) is 1.79. The first kappa shape index (κ1) is 12.0.